The maximum atomic E-state index is 8.60. The Balaban J connectivity index is 3.90. The molecule has 0 heterocycles. The van der Waals surface area contributed by atoms with Crippen LogP contribution in [0.25, 0.3) is 0 Å². The predicted molar refractivity (Wildman–Crippen MR) is 45.1 cm³/mol. The van der Waals surface area contributed by atoms with E-state index in [1.54, 1.807) is 6.08 Å². The minimum Gasteiger partial charge on any atom is -0.357 e. The average molecular weight is 153 g/mol. The number of hydrogen-bond donors (Lipinski definition) is 0. The summed E-state index contributed by atoms with van der Waals surface area (Å²) in [5, 5.41) is 8.60. The molecule has 1 unspecified atom stereocenters. The van der Waals surface area contributed by atoms with Crippen molar-refractivity contribution in [3.63, 3.8) is 0 Å². The highest BCUT2D eigenvalue weighted by Gasteiger charge is 2.16. The first kappa shape index (κ1) is 10.2. The molecule has 0 saturated carbocycles. The molecule has 0 aromatic carbocycles. The Hall–Kier alpha value is -0.810. The van der Waals surface area contributed by atoms with Gasteiger partial charge in [0.25, 0.3) is 0 Å². The molecule has 0 aromatic rings. The molecule has 0 N–H and O–H groups in total. The van der Waals surface area contributed by atoms with Crippen LogP contribution in [-0.4, -0.2) is 11.7 Å². The molecule has 0 aromatic heterocycles. The zero-order valence-electron chi connectivity index (χ0n) is 7.42. The maximum absolute atomic E-state index is 8.60. The molecule has 0 spiro atoms. The second-order valence-electron chi connectivity index (χ2n) is 3.37. The van der Waals surface area contributed by atoms with Crippen molar-refractivity contribution in [2.75, 3.05) is 0 Å². The maximum Gasteiger partial charge on any atom is 0.148 e. The fourth-order valence-corrected chi connectivity index (χ4v) is 0.705. The van der Waals surface area contributed by atoms with Crippen LogP contribution in [0.3, 0.4) is 0 Å². The number of rotatable bonds is 3. The minimum absolute atomic E-state index is 0.247. The van der Waals surface area contributed by atoms with Crippen LogP contribution in [0.5, 0.6) is 0 Å². The monoisotopic (exact) mass is 153 g/mol. The van der Waals surface area contributed by atoms with Crippen molar-refractivity contribution in [3.8, 4) is 6.07 Å². The third-order valence-corrected chi connectivity index (χ3v) is 1.02. The van der Waals surface area contributed by atoms with E-state index in [4.69, 9.17) is 10.00 Å². The van der Waals surface area contributed by atoms with Crippen LogP contribution in [0.15, 0.2) is 12.7 Å². The van der Waals surface area contributed by atoms with Crippen molar-refractivity contribution in [3.05, 3.63) is 12.7 Å². The van der Waals surface area contributed by atoms with Crippen LogP contribution in [0.1, 0.15) is 27.2 Å². The van der Waals surface area contributed by atoms with Gasteiger partial charge in [0.05, 0.1) is 11.7 Å². The Bertz CT molecular complexity index is 161. The standard InChI is InChI=1S/C9H15NO/c1-5-6-8(7-10)11-9(2,3)4/h5,8H,1,6H2,2-4H3. The van der Waals surface area contributed by atoms with Crippen LogP contribution in [0, 0.1) is 11.3 Å². The number of nitrogens with zero attached hydrogens (tertiary/aromatic N) is 1. The second kappa shape index (κ2) is 4.15. The van der Waals surface area contributed by atoms with E-state index in [1.165, 1.54) is 0 Å². The molecule has 1 atom stereocenters. The molecule has 0 rings (SSSR count). The summed E-state index contributed by atoms with van der Waals surface area (Å²) in [5.74, 6) is 0. The number of nitriles is 1. The fourth-order valence-electron chi connectivity index (χ4n) is 0.705. The molecule has 0 aliphatic heterocycles. The van der Waals surface area contributed by atoms with E-state index in [0.717, 1.165) is 0 Å². The fraction of sp³-hybridized carbons (Fsp3) is 0.667. The van der Waals surface area contributed by atoms with Crippen LogP contribution in [0.2, 0.25) is 0 Å². The van der Waals surface area contributed by atoms with Crippen LogP contribution < -0.4 is 0 Å². The quantitative estimate of drug-likeness (QED) is 0.583. The van der Waals surface area contributed by atoms with Crippen molar-refractivity contribution < 1.29 is 4.74 Å². The molecule has 0 bridgehead atoms. The van der Waals surface area contributed by atoms with E-state index in [9.17, 15) is 0 Å². The summed E-state index contributed by atoms with van der Waals surface area (Å²) >= 11 is 0. The Morgan fingerprint density at radius 1 is 1.64 bits per heavy atom. The summed E-state index contributed by atoms with van der Waals surface area (Å²) < 4.78 is 5.40. The van der Waals surface area contributed by atoms with Crippen molar-refractivity contribution in [1.82, 2.24) is 0 Å². The van der Waals surface area contributed by atoms with E-state index in [1.807, 2.05) is 20.8 Å². The Labute approximate surface area is 68.5 Å². The first-order valence-electron chi connectivity index (χ1n) is 3.68. The summed E-state index contributed by atoms with van der Waals surface area (Å²) in [7, 11) is 0. The van der Waals surface area contributed by atoms with Gasteiger partial charge in [0, 0.05) is 6.42 Å². The van der Waals surface area contributed by atoms with Gasteiger partial charge in [-0.1, -0.05) is 6.08 Å². The highest BCUT2D eigenvalue weighted by molar-refractivity contribution is 4.91. The van der Waals surface area contributed by atoms with E-state index in [-0.39, 0.29) is 11.7 Å². The molecule has 2 heteroatoms. The van der Waals surface area contributed by atoms with E-state index in [0.29, 0.717) is 6.42 Å². The predicted octanol–water partition coefficient (Wildman–Crippen LogP) is 2.27. The van der Waals surface area contributed by atoms with Crippen molar-refractivity contribution in [1.29, 1.82) is 5.26 Å². The Morgan fingerprint density at radius 3 is 2.45 bits per heavy atom. The van der Waals surface area contributed by atoms with E-state index >= 15 is 0 Å². The first-order valence-corrected chi connectivity index (χ1v) is 3.68. The van der Waals surface area contributed by atoms with Crippen LogP contribution in [-0.2, 0) is 4.74 Å². The largest absolute Gasteiger partial charge is 0.357 e. The zero-order valence-corrected chi connectivity index (χ0v) is 7.42. The number of hydrogen-bond acceptors (Lipinski definition) is 2. The highest BCUT2D eigenvalue weighted by Crippen LogP contribution is 2.12. The van der Waals surface area contributed by atoms with Crippen LogP contribution >= 0.6 is 0 Å². The van der Waals surface area contributed by atoms with Crippen molar-refractivity contribution in [2.24, 2.45) is 0 Å². The van der Waals surface area contributed by atoms with Crippen LogP contribution in [0.4, 0.5) is 0 Å². The molecule has 2 nitrogen and oxygen atoms in total. The van der Waals surface area contributed by atoms with Gasteiger partial charge in [-0.15, -0.1) is 6.58 Å². The molecular weight excluding hydrogens is 138 g/mol. The normalized spacial score (nSPS) is 13.6. The SMILES string of the molecule is C=CCC(C#N)OC(C)(C)C. The molecule has 11 heavy (non-hydrogen) atoms. The topological polar surface area (TPSA) is 33.0 Å². The zero-order chi connectivity index (χ0) is 8.91. The van der Waals surface area contributed by atoms with Gasteiger partial charge in [-0.2, -0.15) is 5.26 Å². The Morgan fingerprint density at radius 2 is 2.18 bits per heavy atom. The van der Waals surface area contributed by atoms with E-state index in [2.05, 4.69) is 12.6 Å². The highest BCUT2D eigenvalue weighted by atomic mass is 16.5. The third kappa shape index (κ3) is 5.63. The van der Waals surface area contributed by atoms with Gasteiger partial charge in [-0.25, -0.2) is 0 Å². The molecule has 0 saturated heterocycles. The molecular formula is C9H15NO. The average Bonchev–Trinajstić information content (AvgIpc) is 1.84. The van der Waals surface area contributed by atoms with Gasteiger partial charge < -0.3 is 4.74 Å². The smallest absolute Gasteiger partial charge is 0.148 e. The van der Waals surface area contributed by atoms with E-state index < -0.39 is 0 Å². The molecule has 0 aliphatic rings. The number of ether oxygens (including phenoxy) is 1. The third-order valence-electron chi connectivity index (χ3n) is 1.02. The van der Waals surface area contributed by atoms with Gasteiger partial charge in [0.2, 0.25) is 0 Å². The summed E-state index contributed by atoms with van der Waals surface area (Å²) in [6.45, 7) is 9.34. The van der Waals surface area contributed by atoms with Gasteiger partial charge >= 0.3 is 0 Å². The lowest BCUT2D eigenvalue weighted by molar-refractivity contribution is -0.0329. The van der Waals surface area contributed by atoms with Crippen molar-refractivity contribution in [2.45, 2.75) is 38.9 Å². The van der Waals surface area contributed by atoms with Gasteiger partial charge in [0.15, 0.2) is 0 Å². The summed E-state index contributed by atoms with van der Waals surface area (Å²) in [4.78, 5) is 0. The minimum atomic E-state index is -0.354. The van der Waals surface area contributed by atoms with Gasteiger partial charge in [-0.05, 0) is 20.8 Å². The molecule has 0 aliphatic carbocycles. The molecule has 0 fully saturated rings. The summed E-state index contributed by atoms with van der Waals surface area (Å²) in [6, 6.07) is 2.07. The molecule has 0 radical (unpaired) electrons. The lowest BCUT2D eigenvalue weighted by atomic mass is 10.1. The van der Waals surface area contributed by atoms with Crippen molar-refractivity contribution >= 4 is 0 Å². The lowest BCUT2D eigenvalue weighted by Gasteiger charge is -2.22. The summed E-state index contributed by atoms with van der Waals surface area (Å²) in [6.07, 6.45) is 1.93. The van der Waals surface area contributed by atoms with Gasteiger partial charge in [-0.3, -0.25) is 0 Å². The molecule has 0 amide bonds. The first-order chi connectivity index (χ1) is 4.99. The van der Waals surface area contributed by atoms with Gasteiger partial charge in [0.1, 0.15) is 6.10 Å². The summed E-state index contributed by atoms with van der Waals surface area (Å²) in [5.41, 5.74) is -0.247. The molecule has 62 valence electrons. The Kier molecular flexibility index (Phi) is 3.84. The lowest BCUT2D eigenvalue weighted by Crippen LogP contribution is -2.25. The second-order valence-corrected chi connectivity index (χ2v) is 3.37.